The largest absolute Gasteiger partial charge is 0.478 e. The summed E-state index contributed by atoms with van der Waals surface area (Å²) in [6.45, 7) is 1.76. The van der Waals surface area contributed by atoms with Crippen molar-refractivity contribution < 1.29 is 9.90 Å². The predicted molar refractivity (Wildman–Crippen MR) is 68.3 cm³/mol. The Hall–Kier alpha value is -2.60. The summed E-state index contributed by atoms with van der Waals surface area (Å²) in [7, 11) is 0. The van der Waals surface area contributed by atoms with Crippen LogP contribution in [0.3, 0.4) is 0 Å². The van der Waals surface area contributed by atoms with Crippen molar-refractivity contribution in [3.63, 3.8) is 0 Å². The number of nitrogens with zero attached hydrogens (tertiary/aromatic N) is 1. The standard InChI is InChI=1S/C15H11NO2/c1-10-4-2-7-13(14(10)15(17)18)12-6-3-5-11(8-12)9-16/h2-8H,1H3,(H,17,18). The van der Waals surface area contributed by atoms with E-state index >= 15 is 0 Å². The van der Waals surface area contributed by atoms with Crippen LogP contribution in [0.25, 0.3) is 11.1 Å². The first-order chi connectivity index (χ1) is 8.63. The molecule has 0 bridgehead atoms. The second kappa shape index (κ2) is 4.72. The molecule has 88 valence electrons. The summed E-state index contributed by atoms with van der Waals surface area (Å²) in [6, 6.07) is 14.3. The third-order valence-corrected chi connectivity index (χ3v) is 2.79. The van der Waals surface area contributed by atoms with E-state index in [1.165, 1.54) is 0 Å². The zero-order valence-corrected chi connectivity index (χ0v) is 9.84. The molecule has 3 heteroatoms. The van der Waals surface area contributed by atoms with Crippen LogP contribution in [0.5, 0.6) is 0 Å². The number of aromatic carboxylic acids is 1. The van der Waals surface area contributed by atoms with E-state index in [-0.39, 0.29) is 5.56 Å². The van der Waals surface area contributed by atoms with Crippen molar-refractivity contribution in [3.8, 4) is 17.2 Å². The maximum Gasteiger partial charge on any atom is 0.336 e. The van der Waals surface area contributed by atoms with Crippen LogP contribution in [0.2, 0.25) is 0 Å². The Morgan fingerprint density at radius 3 is 2.61 bits per heavy atom. The molecule has 0 unspecified atom stereocenters. The zero-order valence-electron chi connectivity index (χ0n) is 9.84. The maximum atomic E-state index is 11.3. The van der Waals surface area contributed by atoms with Gasteiger partial charge in [0.25, 0.3) is 0 Å². The Kier molecular flexibility index (Phi) is 3.11. The molecule has 0 aliphatic rings. The number of hydrogen-bond donors (Lipinski definition) is 1. The summed E-state index contributed by atoms with van der Waals surface area (Å²) in [4.78, 5) is 11.3. The number of hydrogen-bond acceptors (Lipinski definition) is 2. The van der Waals surface area contributed by atoms with E-state index in [4.69, 9.17) is 5.26 Å². The highest BCUT2D eigenvalue weighted by atomic mass is 16.4. The minimum Gasteiger partial charge on any atom is -0.478 e. The van der Waals surface area contributed by atoms with Gasteiger partial charge in [-0.25, -0.2) is 4.79 Å². The van der Waals surface area contributed by atoms with E-state index in [1.807, 2.05) is 12.1 Å². The fourth-order valence-corrected chi connectivity index (χ4v) is 1.95. The predicted octanol–water partition coefficient (Wildman–Crippen LogP) is 3.23. The number of carboxylic acid groups (broad SMARTS) is 1. The van der Waals surface area contributed by atoms with E-state index in [2.05, 4.69) is 6.07 Å². The summed E-state index contributed by atoms with van der Waals surface area (Å²) in [5.41, 5.74) is 2.90. The zero-order chi connectivity index (χ0) is 13.1. The van der Waals surface area contributed by atoms with E-state index in [1.54, 1.807) is 37.3 Å². The van der Waals surface area contributed by atoms with Gasteiger partial charge in [-0.1, -0.05) is 30.3 Å². The quantitative estimate of drug-likeness (QED) is 0.872. The molecule has 2 aromatic carbocycles. The van der Waals surface area contributed by atoms with Crippen molar-refractivity contribution in [1.29, 1.82) is 5.26 Å². The average Bonchev–Trinajstić information content (AvgIpc) is 2.38. The Morgan fingerprint density at radius 1 is 1.22 bits per heavy atom. The number of nitriles is 1. The van der Waals surface area contributed by atoms with Gasteiger partial charge in [-0.2, -0.15) is 5.26 Å². The summed E-state index contributed by atoms with van der Waals surface area (Å²) >= 11 is 0. The third kappa shape index (κ3) is 2.09. The van der Waals surface area contributed by atoms with Crippen molar-refractivity contribution in [2.75, 3.05) is 0 Å². The van der Waals surface area contributed by atoms with Crippen LogP contribution >= 0.6 is 0 Å². The monoisotopic (exact) mass is 237 g/mol. The summed E-state index contributed by atoms with van der Waals surface area (Å²) in [5.74, 6) is -0.953. The molecular formula is C15H11NO2. The van der Waals surface area contributed by atoms with Crippen molar-refractivity contribution in [2.24, 2.45) is 0 Å². The average molecular weight is 237 g/mol. The van der Waals surface area contributed by atoms with E-state index in [9.17, 15) is 9.90 Å². The van der Waals surface area contributed by atoms with Crippen LogP contribution in [0.15, 0.2) is 42.5 Å². The van der Waals surface area contributed by atoms with E-state index < -0.39 is 5.97 Å². The highest BCUT2D eigenvalue weighted by Gasteiger charge is 2.14. The fourth-order valence-electron chi connectivity index (χ4n) is 1.95. The van der Waals surface area contributed by atoms with Gasteiger partial charge in [0.15, 0.2) is 0 Å². The summed E-state index contributed by atoms with van der Waals surface area (Å²) in [5, 5.41) is 18.1. The van der Waals surface area contributed by atoms with Gasteiger partial charge < -0.3 is 5.11 Å². The second-order valence-electron chi connectivity index (χ2n) is 4.00. The first kappa shape index (κ1) is 11.9. The first-order valence-corrected chi connectivity index (χ1v) is 5.47. The van der Waals surface area contributed by atoms with Gasteiger partial charge in [-0.15, -0.1) is 0 Å². The highest BCUT2D eigenvalue weighted by Crippen LogP contribution is 2.26. The SMILES string of the molecule is Cc1cccc(-c2cccc(C#N)c2)c1C(=O)O. The minimum absolute atomic E-state index is 0.285. The normalized spacial score (nSPS) is 9.78. The van der Waals surface area contributed by atoms with E-state index in [0.29, 0.717) is 16.7 Å². The Labute approximate surface area is 105 Å². The lowest BCUT2D eigenvalue weighted by atomic mass is 9.95. The van der Waals surface area contributed by atoms with Crippen LogP contribution in [0.1, 0.15) is 21.5 Å². The summed E-state index contributed by atoms with van der Waals surface area (Å²) < 4.78 is 0. The van der Waals surface area contributed by atoms with Crippen molar-refractivity contribution >= 4 is 5.97 Å². The molecule has 0 aromatic heterocycles. The molecule has 0 spiro atoms. The first-order valence-electron chi connectivity index (χ1n) is 5.47. The number of aryl methyl sites for hydroxylation is 1. The Balaban J connectivity index is 2.68. The van der Waals surface area contributed by atoms with Crippen LogP contribution in [-0.4, -0.2) is 11.1 Å². The smallest absolute Gasteiger partial charge is 0.336 e. The molecule has 0 saturated carbocycles. The second-order valence-corrected chi connectivity index (χ2v) is 4.00. The molecule has 0 amide bonds. The molecule has 0 radical (unpaired) electrons. The molecule has 1 N–H and O–H groups in total. The number of rotatable bonds is 2. The Bertz CT molecular complexity index is 654. The lowest BCUT2D eigenvalue weighted by Gasteiger charge is -2.09. The van der Waals surface area contributed by atoms with Gasteiger partial charge in [0.05, 0.1) is 17.2 Å². The van der Waals surface area contributed by atoms with Crippen LogP contribution in [0, 0.1) is 18.3 Å². The molecule has 0 heterocycles. The maximum absolute atomic E-state index is 11.3. The number of benzene rings is 2. The lowest BCUT2D eigenvalue weighted by Crippen LogP contribution is -2.02. The van der Waals surface area contributed by atoms with Gasteiger partial charge in [-0.05, 0) is 35.7 Å². The molecule has 0 atom stereocenters. The summed E-state index contributed by atoms with van der Waals surface area (Å²) in [6.07, 6.45) is 0. The Morgan fingerprint density at radius 2 is 1.94 bits per heavy atom. The topological polar surface area (TPSA) is 61.1 Å². The minimum atomic E-state index is -0.953. The molecule has 0 aliphatic heterocycles. The van der Waals surface area contributed by atoms with E-state index in [0.717, 1.165) is 5.56 Å². The highest BCUT2D eigenvalue weighted by molar-refractivity contribution is 5.97. The van der Waals surface area contributed by atoms with Crippen molar-refractivity contribution in [3.05, 3.63) is 59.2 Å². The molecule has 3 nitrogen and oxygen atoms in total. The molecule has 0 fully saturated rings. The van der Waals surface area contributed by atoms with Gasteiger partial charge in [0.1, 0.15) is 0 Å². The van der Waals surface area contributed by atoms with Gasteiger partial charge in [0.2, 0.25) is 0 Å². The fraction of sp³-hybridized carbons (Fsp3) is 0.0667. The van der Waals surface area contributed by atoms with Crippen LogP contribution in [0.4, 0.5) is 0 Å². The molecule has 0 saturated heterocycles. The third-order valence-electron chi connectivity index (χ3n) is 2.79. The number of carbonyl (C=O) groups is 1. The molecule has 2 aromatic rings. The molecule has 2 rings (SSSR count). The lowest BCUT2D eigenvalue weighted by molar-refractivity contribution is 0.0697. The molecule has 18 heavy (non-hydrogen) atoms. The van der Waals surface area contributed by atoms with Crippen molar-refractivity contribution in [1.82, 2.24) is 0 Å². The van der Waals surface area contributed by atoms with Gasteiger partial charge >= 0.3 is 5.97 Å². The molecule has 0 aliphatic carbocycles. The van der Waals surface area contributed by atoms with Crippen molar-refractivity contribution in [2.45, 2.75) is 6.92 Å². The van der Waals surface area contributed by atoms with Gasteiger partial charge in [0, 0.05) is 0 Å². The van der Waals surface area contributed by atoms with Gasteiger partial charge in [-0.3, -0.25) is 0 Å². The molecular weight excluding hydrogens is 226 g/mol. The van der Waals surface area contributed by atoms with Crippen LogP contribution in [-0.2, 0) is 0 Å². The van der Waals surface area contributed by atoms with Crippen LogP contribution < -0.4 is 0 Å². The number of carboxylic acids is 1.